The number of pyridine rings is 1. The number of carbonyl (C=O) groups excluding carboxylic acids is 1. The van der Waals surface area contributed by atoms with Crippen molar-refractivity contribution in [1.29, 1.82) is 0 Å². The highest BCUT2D eigenvalue weighted by Gasteiger charge is 2.06. The molecule has 0 unspecified atom stereocenters. The van der Waals surface area contributed by atoms with Gasteiger partial charge in [0.25, 0.3) is 5.91 Å². The van der Waals surface area contributed by atoms with E-state index in [1.165, 1.54) is 6.20 Å². The molecule has 1 amide bonds. The minimum atomic E-state index is -0.195. The van der Waals surface area contributed by atoms with Gasteiger partial charge in [-0.2, -0.15) is 0 Å². The standard InChI is InChI=1S/C20H17ClN2O2/c21-19-10-9-17(13-22-19)20(24)23-12-16-7-4-8-18(11-16)25-14-15-5-2-1-3-6-15/h1-11,13H,12,14H2,(H,23,24). The molecule has 0 atom stereocenters. The fraction of sp³-hybridized carbons (Fsp3) is 0.100. The first-order valence-electron chi connectivity index (χ1n) is 7.86. The normalized spacial score (nSPS) is 10.3. The number of amides is 1. The number of halogens is 1. The summed E-state index contributed by atoms with van der Waals surface area (Å²) < 4.78 is 5.80. The lowest BCUT2D eigenvalue weighted by molar-refractivity contribution is 0.0950. The molecule has 0 saturated heterocycles. The van der Waals surface area contributed by atoms with E-state index in [1.807, 2.05) is 54.6 Å². The molecule has 25 heavy (non-hydrogen) atoms. The number of ether oxygens (including phenoxy) is 1. The van der Waals surface area contributed by atoms with Crippen LogP contribution in [0.3, 0.4) is 0 Å². The molecule has 0 fully saturated rings. The molecule has 0 spiro atoms. The fourth-order valence-electron chi connectivity index (χ4n) is 2.28. The van der Waals surface area contributed by atoms with Gasteiger partial charge in [-0.1, -0.05) is 54.1 Å². The average molecular weight is 353 g/mol. The minimum Gasteiger partial charge on any atom is -0.489 e. The maximum absolute atomic E-state index is 12.1. The molecule has 5 heteroatoms. The van der Waals surface area contributed by atoms with Crippen LogP contribution in [0.2, 0.25) is 5.15 Å². The molecule has 0 aliphatic rings. The SMILES string of the molecule is O=C(NCc1cccc(OCc2ccccc2)c1)c1ccc(Cl)nc1. The number of rotatable bonds is 6. The predicted molar refractivity (Wildman–Crippen MR) is 97.6 cm³/mol. The number of nitrogens with one attached hydrogen (secondary N) is 1. The Kier molecular flexibility index (Phi) is 5.65. The molecule has 0 aliphatic carbocycles. The van der Waals surface area contributed by atoms with Gasteiger partial charge in [-0.05, 0) is 35.4 Å². The Labute approximate surface area is 151 Å². The van der Waals surface area contributed by atoms with Crippen LogP contribution in [0.4, 0.5) is 0 Å². The lowest BCUT2D eigenvalue weighted by atomic mass is 10.2. The molecule has 3 aromatic rings. The minimum absolute atomic E-state index is 0.195. The first-order valence-corrected chi connectivity index (χ1v) is 8.24. The third kappa shape index (κ3) is 5.06. The van der Waals surface area contributed by atoms with Crippen LogP contribution in [0.15, 0.2) is 72.9 Å². The van der Waals surface area contributed by atoms with E-state index in [-0.39, 0.29) is 5.91 Å². The van der Waals surface area contributed by atoms with Gasteiger partial charge in [0, 0.05) is 12.7 Å². The van der Waals surface area contributed by atoms with Crippen molar-refractivity contribution in [2.75, 3.05) is 0 Å². The van der Waals surface area contributed by atoms with Gasteiger partial charge in [-0.15, -0.1) is 0 Å². The summed E-state index contributed by atoms with van der Waals surface area (Å²) in [5, 5.41) is 3.22. The number of nitrogens with zero attached hydrogens (tertiary/aromatic N) is 1. The monoisotopic (exact) mass is 352 g/mol. The lowest BCUT2D eigenvalue weighted by Crippen LogP contribution is -2.22. The van der Waals surface area contributed by atoms with Crippen molar-refractivity contribution < 1.29 is 9.53 Å². The van der Waals surface area contributed by atoms with Crippen LogP contribution in [0, 0.1) is 0 Å². The van der Waals surface area contributed by atoms with Gasteiger partial charge >= 0.3 is 0 Å². The molecule has 1 heterocycles. The van der Waals surface area contributed by atoms with Gasteiger partial charge in [-0.25, -0.2) is 4.98 Å². The number of carbonyl (C=O) groups is 1. The highest BCUT2D eigenvalue weighted by Crippen LogP contribution is 2.15. The molecular formula is C20H17ClN2O2. The number of benzene rings is 2. The Hall–Kier alpha value is -2.85. The van der Waals surface area contributed by atoms with Crippen LogP contribution in [-0.4, -0.2) is 10.9 Å². The van der Waals surface area contributed by atoms with E-state index in [0.717, 1.165) is 16.9 Å². The Balaban J connectivity index is 1.56. The topological polar surface area (TPSA) is 51.2 Å². The Morgan fingerprint density at radius 3 is 2.56 bits per heavy atom. The zero-order valence-electron chi connectivity index (χ0n) is 13.5. The van der Waals surface area contributed by atoms with Crippen LogP contribution in [-0.2, 0) is 13.2 Å². The molecule has 0 aliphatic heterocycles. The Bertz CT molecular complexity index is 836. The lowest BCUT2D eigenvalue weighted by Gasteiger charge is -2.09. The van der Waals surface area contributed by atoms with E-state index in [1.54, 1.807) is 12.1 Å². The third-order valence-corrected chi connectivity index (χ3v) is 3.81. The Morgan fingerprint density at radius 2 is 1.80 bits per heavy atom. The summed E-state index contributed by atoms with van der Waals surface area (Å²) in [5.74, 6) is 0.573. The van der Waals surface area contributed by atoms with Crippen LogP contribution < -0.4 is 10.1 Å². The second kappa shape index (κ2) is 8.31. The number of hydrogen-bond acceptors (Lipinski definition) is 3. The smallest absolute Gasteiger partial charge is 0.253 e. The average Bonchev–Trinajstić information content (AvgIpc) is 2.66. The maximum atomic E-state index is 12.1. The van der Waals surface area contributed by atoms with Crippen molar-refractivity contribution in [2.45, 2.75) is 13.2 Å². The van der Waals surface area contributed by atoms with E-state index < -0.39 is 0 Å². The number of aromatic nitrogens is 1. The van der Waals surface area contributed by atoms with Crippen molar-refractivity contribution in [2.24, 2.45) is 0 Å². The van der Waals surface area contributed by atoms with Crippen LogP contribution >= 0.6 is 11.6 Å². The highest BCUT2D eigenvalue weighted by molar-refractivity contribution is 6.29. The number of hydrogen-bond donors (Lipinski definition) is 1. The highest BCUT2D eigenvalue weighted by atomic mass is 35.5. The second-order valence-electron chi connectivity index (χ2n) is 5.47. The van der Waals surface area contributed by atoms with Crippen molar-refractivity contribution in [3.8, 4) is 5.75 Å². The fourth-order valence-corrected chi connectivity index (χ4v) is 2.39. The summed E-state index contributed by atoms with van der Waals surface area (Å²) in [7, 11) is 0. The Morgan fingerprint density at radius 1 is 1.00 bits per heavy atom. The summed E-state index contributed by atoms with van der Waals surface area (Å²) in [4.78, 5) is 16.0. The van der Waals surface area contributed by atoms with Gasteiger partial charge in [0.05, 0.1) is 5.56 Å². The van der Waals surface area contributed by atoms with Gasteiger partial charge in [0.2, 0.25) is 0 Å². The molecule has 1 aromatic heterocycles. The summed E-state index contributed by atoms with van der Waals surface area (Å²) in [6.07, 6.45) is 1.46. The van der Waals surface area contributed by atoms with Gasteiger partial charge in [0.1, 0.15) is 17.5 Å². The summed E-state index contributed by atoms with van der Waals surface area (Å²) >= 11 is 5.72. The van der Waals surface area contributed by atoms with Gasteiger partial charge < -0.3 is 10.1 Å². The molecule has 2 aromatic carbocycles. The van der Waals surface area contributed by atoms with E-state index in [2.05, 4.69) is 10.3 Å². The molecule has 1 N–H and O–H groups in total. The first kappa shape index (κ1) is 17.0. The molecular weight excluding hydrogens is 336 g/mol. The van der Waals surface area contributed by atoms with E-state index >= 15 is 0 Å². The molecule has 126 valence electrons. The van der Waals surface area contributed by atoms with E-state index in [4.69, 9.17) is 16.3 Å². The second-order valence-corrected chi connectivity index (χ2v) is 5.86. The zero-order valence-corrected chi connectivity index (χ0v) is 14.2. The molecule has 0 radical (unpaired) electrons. The van der Waals surface area contributed by atoms with Crippen molar-refractivity contribution in [3.05, 3.63) is 94.8 Å². The quantitative estimate of drug-likeness (QED) is 0.675. The maximum Gasteiger partial charge on any atom is 0.253 e. The summed E-state index contributed by atoms with van der Waals surface area (Å²) in [6, 6.07) is 20.9. The van der Waals surface area contributed by atoms with Crippen molar-refractivity contribution in [1.82, 2.24) is 10.3 Å². The van der Waals surface area contributed by atoms with Crippen molar-refractivity contribution in [3.63, 3.8) is 0 Å². The van der Waals surface area contributed by atoms with E-state index in [0.29, 0.717) is 23.9 Å². The third-order valence-electron chi connectivity index (χ3n) is 3.59. The molecule has 3 rings (SSSR count). The van der Waals surface area contributed by atoms with E-state index in [9.17, 15) is 4.79 Å². The molecule has 0 saturated carbocycles. The van der Waals surface area contributed by atoms with Crippen molar-refractivity contribution >= 4 is 17.5 Å². The summed E-state index contributed by atoms with van der Waals surface area (Å²) in [5.41, 5.74) is 2.54. The largest absolute Gasteiger partial charge is 0.489 e. The van der Waals surface area contributed by atoms with Gasteiger partial charge in [-0.3, -0.25) is 4.79 Å². The van der Waals surface area contributed by atoms with Crippen LogP contribution in [0.1, 0.15) is 21.5 Å². The molecule has 0 bridgehead atoms. The van der Waals surface area contributed by atoms with Gasteiger partial charge in [0.15, 0.2) is 0 Å². The van der Waals surface area contributed by atoms with Crippen LogP contribution in [0.5, 0.6) is 5.75 Å². The molecule has 4 nitrogen and oxygen atoms in total. The predicted octanol–water partition coefficient (Wildman–Crippen LogP) is 4.24. The van der Waals surface area contributed by atoms with Crippen LogP contribution in [0.25, 0.3) is 0 Å². The zero-order chi connectivity index (χ0) is 17.5. The summed E-state index contributed by atoms with van der Waals surface area (Å²) in [6.45, 7) is 0.914. The first-order chi connectivity index (χ1) is 12.2.